The summed E-state index contributed by atoms with van der Waals surface area (Å²) in [6.07, 6.45) is 3.15. The lowest BCUT2D eigenvalue weighted by atomic mass is 9.84. The molecular weight excluding hydrogens is 320 g/mol. The number of nitrogens with zero attached hydrogens (tertiary/aromatic N) is 2. The second-order valence-corrected chi connectivity index (χ2v) is 5.53. The summed E-state index contributed by atoms with van der Waals surface area (Å²) in [7, 11) is 1.61. The molecule has 0 fully saturated rings. The van der Waals surface area contributed by atoms with E-state index in [1.807, 2.05) is 24.3 Å². The maximum Gasteiger partial charge on any atom is 0.244 e. The summed E-state index contributed by atoms with van der Waals surface area (Å²) in [5, 5.41) is 16.8. The number of fused-ring (bicyclic) bond motifs is 1. The minimum Gasteiger partial charge on any atom is -0.497 e. The smallest absolute Gasteiger partial charge is 0.244 e. The molecule has 1 atom stereocenters. The van der Waals surface area contributed by atoms with Crippen LogP contribution in [0.2, 0.25) is 0 Å². The summed E-state index contributed by atoms with van der Waals surface area (Å²) >= 11 is 0. The number of nitrogens with one attached hydrogen (secondary N) is 1. The predicted molar refractivity (Wildman–Crippen MR) is 88.6 cm³/mol. The van der Waals surface area contributed by atoms with E-state index < -0.39 is 5.92 Å². The Kier molecular flexibility index (Phi) is 3.43. The first-order valence-corrected chi connectivity index (χ1v) is 7.55. The Bertz CT molecular complexity index is 996. The standard InChI is InChI=1S/C18H14N4O3/c1-23-12-4-2-3-10(7-12)16-15-14(11-5-6-24-9-11)13(8-19)17(20)25-18(15)22-21-16/h2-7,9,14H,20H2,1H3,(H,21,22)/t14-/m1/s1. The van der Waals surface area contributed by atoms with Gasteiger partial charge in [0.15, 0.2) is 0 Å². The molecule has 4 rings (SSSR count). The van der Waals surface area contributed by atoms with Crippen LogP contribution < -0.4 is 15.2 Å². The van der Waals surface area contributed by atoms with Crippen molar-refractivity contribution in [3.8, 4) is 29.0 Å². The van der Waals surface area contributed by atoms with E-state index in [2.05, 4.69) is 16.3 Å². The summed E-state index contributed by atoms with van der Waals surface area (Å²) in [6, 6.07) is 11.5. The molecule has 7 nitrogen and oxygen atoms in total. The van der Waals surface area contributed by atoms with E-state index >= 15 is 0 Å². The Balaban J connectivity index is 1.93. The maximum atomic E-state index is 9.59. The summed E-state index contributed by atoms with van der Waals surface area (Å²) in [5.74, 6) is 0.686. The second-order valence-electron chi connectivity index (χ2n) is 5.53. The van der Waals surface area contributed by atoms with Gasteiger partial charge in [0.2, 0.25) is 11.8 Å². The van der Waals surface area contributed by atoms with Crippen LogP contribution in [0.5, 0.6) is 11.6 Å². The highest BCUT2D eigenvalue weighted by Crippen LogP contribution is 2.45. The van der Waals surface area contributed by atoms with Crippen molar-refractivity contribution in [1.82, 2.24) is 10.2 Å². The molecular formula is C18H14N4O3. The van der Waals surface area contributed by atoms with Crippen molar-refractivity contribution in [3.63, 3.8) is 0 Å². The van der Waals surface area contributed by atoms with E-state index in [9.17, 15) is 5.26 Å². The number of furan rings is 1. The van der Waals surface area contributed by atoms with Gasteiger partial charge in [0.05, 0.1) is 36.8 Å². The van der Waals surface area contributed by atoms with Gasteiger partial charge in [-0.05, 0) is 18.2 Å². The number of aromatic nitrogens is 2. The molecule has 124 valence electrons. The van der Waals surface area contributed by atoms with Gasteiger partial charge < -0.3 is 19.6 Å². The molecule has 3 aromatic rings. The first kappa shape index (κ1) is 14.9. The van der Waals surface area contributed by atoms with Crippen LogP contribution in [-0.2, 0) is 0 Å². The highest BCUT2D eigenvalue weighted by atomic mass is 16.5. The van der Waals surface area contributed by atoms with Crippen molar-refractivity contribution >= 4 is 0 Å². The molecule has 0 radical (unpaired) electrons. The van der Waals surface area contributed by atoms with E-state index in [1.54, 1.807) is 25.7 Å². The Labute approximate surface area is 143 Å². The molecule has 2 aromatic heterocycles. The predicted octanol–water partition coefficient (Wildman–Crippen LogP) is 2.90. The number of hydrogen-bond donors (Lipinski definition) is 2. The quantitative estimate of drug-likeness (QED) is 0.762. The molecule has 0 saturated heterocycles. The summed E-state index contributed by atoms with van der Waals surface area (Å²) in [4.78, 5) is 0. The first-order chi connectivity index (χ1) is 12.2. The van der Waals surface area contributed by atoms with Crippen molar-refractivity contribution in [1.29, 1.82) is 5.26 Å². The molecule has 1 aliphatic rings. The SMILES string of the molecule is COc1cccc(-c2[nH]nc3c2[C@H](c2ccoc2)C(C#N)=C(N)O3)c1. The molecule has 1 aliphatic heterocycles. The average molecular weight is 334 g/mol. The molecule has 3 heterocycles. The third-order valence-corrected chi connectivity index (χ3v) is 4.17. The van der Waals surface area contributed by atoms with Crippen LogP contribution in [0.15, 0.2) is 58.7 Å². The number of benzene rings is 1. The molecule has 0 unspecified atom stereocenters. The number of aromatic amines is 1. The lowest BCUT2D eigenvalue weighted by molar-refractivity contribution is 0.378. The number of nitrogens with two attached hydrogens (primary N) is 1. The number of nitriles is 1. The van der Waals surface area contributed by atoms with Crippen LogP contribution in [0.1, 0.15) is 17.0 Å². The molecule has 0 amide bonds. The lowest BCUT2D eigenvalue weighted by Crippen LogP contribution is -2.20. The fourth-order valence-corrected chi connectivity index (χ4v) is 3.02. The van der Waals surface area contributed by atoms with E-state index in [1.165, 1.54) is 0 Å². The normalized spacial score (nSPS) is 16.1. The van der Waals surface area contributed by atoms with Crippen LogP contribution in [0, 0.1) is 11.3 Å². The van der Waals surface area contributed by atoms with E-state index in [4.69, 9.17) is 19.6 Å². The van der Waals surface area contributed by atoms with Crippen LogP contribution in [0.3, 0.4) is 0 Å². The molecule has 7 heteroatoms. The summed E-state index contributed by atoms with van der Waals surface area (Å²) in [5.41, 5.74) is 9.38. The number of rotatable bonds is 3. The Morgan fingerprint density at radius 1 is 1.36 bits per heavy atom. The zero-order valence-corrected chi connectivity index (χ0v) is 13.3. The fraction of sp³-hybridized carbons (Fsp3) is 0.111. The second kappa shape index (κ2) is 5.76. The summed E-state index contributed by atoms with van der Waals surface area (Å²) in [6.45, 7) is 0. The van der Waals surface area contributed by atoms with Gasteiger partial charge in [-0.1, -0.05) is 12.1 Å². The van der Waals surface area contributed by atoms with E-state index in [0.29, 0.717) is 17.2 Å². The fourth-order valence-electron chi connectivity index (χ4n) is 3.02. The van der Waals surface area contributed by atoms with Gasteiger partial charge in [-0.3, -0.25) is 5.10 Å². The van der Waals surface area contributed by atoms with Crippen molar-refractivity contribution in [2.45, 2.75) is 5.92 Å². The van der Waals surface area contributed by atoms with Crippen molar-refractivity contribution in [3.05, 3.63) is 65.4 Å². The molecule has 0 bridgehead atoms. The molecule has 1 aromatic carbocycles. The van der Waals surface area contributed by atoms with Crippen LogP contribution in [0.25, 0.3) is 11.3 Å². The van der Waals surface area contributed by atoms with Gasteiger partial charge in [0.25, 0.3) is 0 Å². The van der Waals surface area contributed by atoms with E-state index in [-0.39, 0.29) is 5.88 Å². The van der Waals surface area contributed by atoms with Crippen molar-refractivity contribution in [2.24, 2.45) is 5.73 Å². The monoisotopic (exact) mass is 334 g/mol. The minimum absolute atomic E-state index is 0.0462. The Morgan fingerprint density at radius 3 is 2.96 bits per heavy atom. The molecule has 3 N–H and O–H groups in total. The van der Waals surface area contributed by atoms with E-state index in [0.717, 1.165) is 22.4 Å². The van der Waals surface area contributed by atoms with Crippen LogP contribution >= 0.6 is 0 Å². The average Bonchev–Trinajstić information content (AvgIpc) is 3.30. The summed E-state index contributed by atoms with van der Waals surface area (Å²) < 4.78 is 16.1. The van der Waals surface area contributed by atoms with Gasteiger partial charge >= 0.3 is 0 Å². The van der Waals surface area contributed by atoms with Crippen molar-refractivity contribution < 1.29 is 13.9 Å². The van der Waals surface area contributed by atoms with Gasteiger partial charge in [-0.25, -0.2) is 0 Å². The third kappa shape index (κ3) is 2.32. The number of H-pyrrole nitrogens is 1. The van der Waals surface area contributed by atoms with Crippen LogP contribution in [0.4, 0.5) is 0 Å². The highest BCUT2D eigenvalue weighted by Gasteiger charge is 2.36. The number of allylic oxidation sites excluding steroid dienone is 1. The topological polar surface area (TPSA) is 110 Å². The van der Waals surface area contributed by atoms with Gasteiger partial charge in [-0.15, -0.1) is 5.10 Å². The first-order valence-electron chi connectivity index (χ1n) is 7.55. The number of hydrogen-bond acceptors (Lipinski definition) is 6. The lowest BCUT2D eigenvalue weighted by Gasteiger charge is -2.22. The Hall–Kier alpha value is -3.66. The number of methoxy groups -OCH3 is 1. The molecule has 0 saturated carbocycles. The molecule has 25 heavy (non-hydrogen) atoms. The zero-order valence-electron chi connectivity index (χ0n) is 13.3. The largest absolute Gasteiger partial charge is 0.497 e. The molecule has 0 spiro atoms. The van der Waals surface area contributed by atoms with Crippen LogP contribution in [-0.4, -0.2) is 17.3 Å². The zero-order chi connectivity index (χ0) is 17.4. The maximum absolute atomic E-state index is 9.59. The number of ether oxygens (including phenoxy) is 2. The minimum atomic E-state index is -0.424. The van der Waals surface area contributed by atoms with Gasteiger partial charge in [0.1, 0.15) is 17.4 Å². The van der Waals surface area contributed by atoms with Gasteiger partial charge in [-0.2, -0.15) is 5.26 Å². The molecule has 0 aliphatic carbocycles. The Morgan fingerprint density at radius 2 is 2.24 bits per heavy atom. The van der Waals surface area contributed by atoms with Gasteiger partial charge in [0, 0.05) is 11.1 Å². The highest BCUT2D eigenvalue weighted by molar-refractivity contribution is 5.71. The van der Waals surface area contributed by atoms with Crippen molar-refractivity contribution in [2.75, 3.05) is 7.11 Å². The third-order valence-electron chi connectivity index (χ3n) is 4.17.